The number of nitrogens with one attached hydrogen (secondary N) is 2. The summed E-state index contributed by atoms with van der Waals surface area (Å²) in [6.45, 7) is 0. The molecule has 4 aromatic rings. The van der Waals surface area contributed by atoms with E-state index in [9.17, 15) is 33.8 Å². The van der Waals surface area contributed by atoms with Gasteiger partial charge >= 0.3 is 0 Å². The molecule has 4 rings (SSSR count). The lowest BCUT2D eigenvalue weighted by Gasteiger charge is -2.10. The maximum Gasteiger partial charge on any atom is 0.270 e. The zero-order chi connectivity index (χ0) is 26.0. The Bertz CT molecular complexity index is 1630. The third kappa shape index (κ3) is 4.76. The van der Waals surface area contributed by atoms with Gasteiger partial charge in [0, 0.05) is 35.3 Å². The van der Waals surface area contributed by atoms with E-state index in [0.29, 0.717) is 11.3 Å². The SMILES string of the molecule is COc1ccc(NS(=O)(=O)c2cc([N+](=O)[O-])ccc2N=Nc2c(O)[nH]c3ccc([N+](=O)[O-])cc23)cc1. The molecule has 15 heteroatoms. The number of nitro groups is 2. The van der Waals surface area contributed by atoms with E-state index in [2.05, 4.69) is 19.9 Å². The Morgan fingerprint density at radius 2 is 1.58 bits per heavy atom. The molecule has 0 spiro atoms. The summed E-state index contributed by atoms with van der Waals surface area (Å²) in [6, 6.07) is 12.6. The van der Waals surface area contributed by atoms with Gasteiger partial charge in [-0.3, -0.25) is 25.0 Å². The highest BCUT2D eigenvalue weighted by Gasteiger charge is 2.23. The zero-order valence-electron chi connectivity index (χ0n) is 18.3. The van der Waals surface area contributed by atoms with E-state index < -0.39 is 36.3 Å². The molecule has 0 amide bonds. The highest BCUT2D eigenvalue weighted by atomic mass is 32.2. The van der Waals surface area contributed by atoms with Crippen LogP contribution in [0.4, 0.5) is 28.4 Å². The van der Waals surface area contributed by atoms with Crippen LogP contribution in [0.15, 0.2) is 75.8 Å². The van der Waals surface area contributed by atoms with Gasteiger partial charge in [-0.25, -0.2) is 8.42 Å². The number of ether oxygens (including phenoxy) is 1. The van der Waals surface area contributed by atoms with Crippen molar-refractivity contribution >= 4 is 49.4 Å². The minimum atomic E-state index is -4.39. The number of H-pyrrole nitrogens is 1. The van der Waals surface area contributed by atoms with Crippen LogP contribution in [0.1, 0.15) is 0 Å². The first-order valence-electron chi connectivity index (χ1n) is 9.95. The van der Waals surface area contributed by atoms with Gasteiger partial charge in [0.25, 0.3) is 21.4 Å². The molecular weight excluding hydrogens is 496 g/mol. The van der Waals surface area contributed by atoms with Crippen LogP contribution in [0.2, 0.25) is 0 Å². The largest absolute Gasteiger partial charge is 0.497 e. The van der Waals surface area contributed by atoms with E-state index >= 15 is 0 Å². The van der Waals surface area contributed by atoms with Crippen molar-refractivity contribution in [3.63, 3.8) is 0 Å². The van der Waals surface area contributed by atoms with Crippen molar-refractivity contribution in [3.05, 3.63) is 80.9 Å². The molecule has 0 aliphatic carbocycles. The Kier molecular flexibility index (Phi) is 6.22. The molecule has 0 radical (unpaired) electrons. The van der Waals surface area contributed by atoms with Crippen LogP contribution in [0, 0.1) is 20.2 Å². The summed E-state index contributed by atoms with van der Waals surface area (Å²) in [7, 11) is -2.94. The van der Waals surface area contributed by atoms with Crippen LogP contribution in [-0.2, 0) is 10.0 Å². The van der Waals surface area contributed by atoms with E-state index in [1.54, 1.807) is 0 Å². The molecule has 1 aromatic heterocycles. The van der Waals surface area contributed by atoms with Crippen molar-refractivity contribution in [3.8, 4) is 11.6 Å². The second kappa shape index (κ2) is 9.30. The number of methoxy groups -OCH3 is 1. The van der Waals surface area contributed by atoms with Gasteiger partial charge < -0.3 is 14.8 Å². The fourth-order valence-electron chi connectivity index (χ4n) is 3.25. The number of anilines is 1. The predicted molar refractivity (Wildman–Crippen MR) is 128 cm³/mol. The molecule has 0 aliphatic heterocycles. The molecule has 3 N–H and O–H groups in total. The predicted octanol–water partition coefficient (Wildman–Crippen LogP) is 4.91. The Hall–Kier alpha value is -5.05. The molecule has 1 heterocycles. The number of azo groups is 1. The maximum atomic E-state index is 13.1. The second-order valence-electron chi connectivity index (χ2n) is 7.25. The number of hydrogen-bond donors (Lipinski definition) is 3. The van der Waals surface area contributed by atoms with Crippen molar-refractivity contribution in [1.29, 1.82) is 0 Å². The monoisotopic (exact) mass is 512 g/mol. The van der Waals surface area contributed by atoms with Crippen LogP contribution >= 0.6 is 0 Å². The first kappa shape index (κ1) is 24.1. The first-order chi connectivity index (χ1) is 17.1. The molecule has 0 bridgehead atoms. The number of rotatable bonds is 8. The van der Waals surface area contributed by atoms with Gasteiger partial charge in [-0.15, -0.1) is 10.2 Å². The van der Waals surface area contributed by atoms with Crippen LogP contribution in [0.25, 0.3) is 10.9 Å². The summed E-state index contributed by atoms with van der Waals surface area (Å²) < 4.78 is 33.6. The molecule has 36 heavy (non-hydrogen) atoms. The molecule has 184 valence electrons. The van der Waals surface area contributed by atoms with Gasteiger partial charge in [-0.2, -0.15) is 0 Å². The average molecular weight is 512 g/mol. The number of fused-ring (bicyclic) bond motifs is 1. The number of aromatic nitrogens is 1. The van der Waals surface area contributed by atoms with E-state index in [1.165, 1.54) is 49.6 Å². The van der Waals surface area contributed by atoms with E-state index in [-0.39, 0.29) is 28.1 Å². The summed E-state index contributed by atoms with van der Waals surface area (Å²) >= 11 is 0. The second-order valence-corrected chi connectivity index (χ2v) is 8.90. The number of sulfonamides is 1. The third-order valence-electron chi connectivity index (χ3n) is 4.99. The molecule has 0 saturated carbocycles. The molecule has 0 unspecified atom stereocenters. The number of aromatic amines is 1. The summed E-state index contributed by atoms with van der Waals surface area (Å²) in [5.74, 6) is 0.0264. The average Bonchev–Trinajstić information content (AvgIpc) is 3.16. The summed E-state index contributed by atoms with van der Waals surface area (Å²) in [4.78, 5) is 23.0. The summed E-state index contributed by atoms with van der Waals surface area (Å²) in [6.07, 6.45) is 0. The minimum absolute atomic E-state index is 0.159. The van der Waals surface area contributed by atoms with Crippen LogP contribution in [0.5, 0.6) is 11.6 Å². The number of nitrogens with zero attached hydrogens (tertiary/aromatic N) is 4. The van der Waals surface area contributed by atoms with Crippen molar-refractivity contribution in [2.75, 3.05) is 11.8 Å². The van der Waals surface area contributed by atoms with Crippen LogP contribution < -0.4 is 9.46 Å². The first-order valence-corrected chi connectivity index (χ1v) is 11.4. The molecular formula is C21H16N6O8S. The fourth-order valence-corrected chi connectivity index (χ4v) is 4.47. The highest BCUT2D eigenvalue weighted by Crippen LogP contribution is 2.39. The maximum absolute atomic E-state index is 13.1. The normalized spacial score (nSPS) is 11.6. The fraction of sp³-hybridized carbons (Fsp3) is 0.0476. The smallest absolute Gasteiger partial charge is 0.270 e. The van der Waals surface area contributed by atoms with E-state index in [1.807, 2.05) is 0 Å². The van der Waals surface area contributed by atoms with Gasteiger partial charge in [0.2, 0.25) is 5.88 Å². The Balaban J connectivity index is 1.78. The number of aromatic hydroxyl groups is 1. The van der Waals surface area contributed by atoms with Gasteiger partial charge in [-0.1, -0.05) is 0 Å². The molecule has 0 saturated heterocycles. The zero-order valence-corrected chi connectivity index (χ0v) is 19.1. The molecule has 14 nitrogen and oxygen atoms in total. The van der Waals surface area contributed by atoms with Crippen LogP contribution in [-0.4, -0.2) is 35.5 Å². The van der Waals surface area contributed by atoms with Gasteiger partial charge in [-0.05, 0) is 36.4 Å². The van der Waals surface area contributed by atoms with E-state index in [4.69, 9.17) is 4.74 Å². The summed E-state index contributed by atoms with van der Waals surface area (Å²) in [5.41, 5.74) is -0.745. The number of benzene rings is 3. The molecule has 3 aromatic carbocycles. The topological polar surface area (TPSA) is 202 Å². The van der Waals surface area contributed by atoms with Crippen LogP contribution in [0.3, 0.4) is 0 Å². The van der Waals surface area contributed by atoms with Gasteiger partial charge in [0.05, 0.1) is 22.5 Å². The molecule has 0 aliphatic rings. The third-order valence-corrected chi connectivity index (χ3v) is 6.40. The number of hydrogen-bond acceptors (Lipinski definition) is 10. The quantitative estimate of drug-likeness (QED) is 0.168. The lowest BCUT2D eigenvalue weighted by Crippen LogP contribution is -2.13. The minimum Gasteiger partial charge on any atom is -0.497 e. The van der Waals surface area contributed by atoms with Gasteiger partial charge in [0.1, 0.15) is 16.3 Å². The van der Waals surface area contributed by atoms with Crippen molar-refractivity contribution < 1.29 is 28.1 Å². The molecule has 0 atom stereocenters. The van der Waals surface area contributed by atoms with Crippen molar-refractivity contribution in [2.24, 2.45) is 10.2 Å². The van der Waals surface area contributed by atoms with E-state index in [0.717, 1.165) is 18.2 Å². The lowest BCUT2D eigenvalue weighted by molar-refractivity contribution is -0.385. The number of nitro benzene ring substituents is 2. The standard InChI is InChI=1S/C21H16N6O8S/c1-35-15-6-2-12(3-7-15)25-36(33,34)19-11-14(27(31)32)5-9-18(19)23-24-20-16-10-13(26(29)30)4-8-17(16)22-21(20)28/h2-11,22,25,28H,1H3. The Morgan fingerprint density at radius 1 is 0.944 bits per heavy atom. The molecule has 0 fully saturated rings. The Labute approximate surface area is 202 Å². The lowest BCUT2D eigenvalue weighted by atomic mass is 10.2. The van der Waals surface area contributed by atoms with Crippen molar-refractivity contribution in [2.45, 2.75) is 4.90 Å². The number of non-ortho nitro benzene ring substituents is 2. The van der Waals surface area contributed by atoms with Crippen molar-refractivity contribution in [1.82, 2.24) is 4.98 Å². The summed E-state index contributed by atoms with van der Waals surface area (Å²) in [5, 5.41) is 40.5. The Morgan fingerprint density at radius 3 is 2.22 bits per heavy atom. The highest BCUT2D eigenvalue weighted by molar-refractivity contribution is 7.92. The van der Waals surface area contributed by atoms with Gasteiger partial charge in [0.15, 0.2) is 5.69 Å².